The fourth-order valence-corrected chi connectivity index (χ4v) is 1.00. The van der Waals surface area contributed by atoms with E-state index in [1.807, 2.05) is 13.8 Å². The lowest BCUT2D eigenvalue weighted by atomic mass is 9.99. The van der Waals surface area contributed by atoms with E-state index in [4.69, 9.17) is 11.5 Å². The van der Waals surface area contributed by atoms with Gasteiger partial charge in [-0.15, -0.1) is 0 Å². The molecule has 0 rings (SSSR count). The molecule has 0 aliphatic heterocycles. The molecule has 0 aliphatic carbocycles. The molecule has 0 aromatic heterocycles. The van der Waals surface area contributed by atoms with Crippen LogP contribution >= 0.6 is 0 Å². The minimum absolute atomic E-state index is 0.147. The zero-order chi connectivity index (χ0) is 11.8. The quantitative estimate of drug-likeness (QED) is 0.434. The summed E-state index contributed by atoms with van der Waals surface area (Å²) in [4.78, 5) is 21.7. The van der Waals surface area contributed by atoms with Gasteiger partial charge in [0.1, 0.15) is 0 Å². The summed E-state index contributed by atoms with van der Waals surface area (Å²) in [5.74, 6) is -0.0512. The maximum absolute atomic E-state index is 11.4. The molecule has 0 saturated heterocycles. The van der Waals surface area contributed by atoms with Gasteiger partial charge < -0.3 is 22.1 Å². The van der Waals surface area contributed by atoms with Crippen LogP contribution in [0.5, 0.6) is 0 Å². The number of primary amides is 1. The van der Waals surface area contributed by atoms with Gasteiger partial charge in [-0.05, 0) is 5.92 Å². The molecule has 2 atom stereocenters. The normalized spacial score (nSPS) is 14.1. The van der Waals surface area contributed by atoms with Crippen LogP contribution in [0.4, 0.5) is 4.79 Å². The second-order valence-corrected chi connectivity index (χ2v) is 3.49. The van der Waals surface area contributed by atoms with Crippen LogP contribution < -0.4 is 22.1 Å². The molecule has 0 radical (unpaired) electrons. The molecule has 6 nitrogen and oxygen atoms in total. The van der Waals surface area contributed by atoms with Crippen LogP contribution in [0.2, 0.25) is 0 Å². The van der Waals surface area contributed by atoms with Crippen molar-refractivity contribution in [3.63, 3.8) is 0 Å². The lowest BCUT2D eigenvalue weighted by molar-refractivity contribution is -0.123. The van der Waals surface area contributed by atoms with E-state index < -0.39 is 12.1 Å². The van der Waals surface area contributed by atoms with Gasteiger partial charge in [-0.2, -0.15) is 0 Å². The van der Waals surface area contributed by atoms with Crippen molar-refractivity contribution in [2.24, 2.45) is 17.4 Å². The van der Waals surface area contributed by atoms with E-state index in [1.54, 1.807) is 0 Å². The fraction of sp³-hybridized carbons (Fsp3) is 0.778. The van der Waals surface area contributed by atoms with Crippen LogP contribution in [0.25, 0.3) is 0 Å². The number of urea groups is 1. The summed E-state index contributed by atoms with van der Waals surface area (Å²) in [7, 11) is 0. The summed E-state index contributed by atoms with van der Waals surface area (Å²) in [6.07, 6.45) is 0.855. The highest BCUT2D eigenvalue weighted by molar-refractivity contribution is 5.81. The number of rotatable bonds is 6. The highest BCUT2D eigenvalue weighted by atomic mass is 16.2. The molecule has 15 heavy (non-hydrogen) atoms. The minimum Gasteiger partial charge on any atom is -0.353 e. The second kappa shape index (κ2) is 7.05. The Kier molecular flexibility index (Phi) is 6.44. The number of nitrogens with one attached hydrogen (secondary N) is 2. The summed E-state index contributed by atoms with van der Waals surface area (Å²) >= 11 is 0. The lowest BCUT2D eigenvalue weighted by Gasteiger charge is -2.17. The third-order valence-corrected chi connectivity index (χ3v) is 2.28. The van der Waals surface area contributed by atoms with Crippen molar-refractivity contribution in [3.8, 4) is 0 Å². The molecule has 0 bridgehead atoms. The first-order valence-corrected chi connectivity index (χ1v) is 5.05. The van der Waals surface area contributed by atoms with Crippen molar-refractivity contribution in [3.05, 3.63) is 0 Å². The molecule has 0 aliphatic rings. The first-order chi connectivity index (χ1) is 6.99. The van der Waals surface area contributed by atoms with Crippen molar-refractivity contribution in [1.82, 2.24) is 10.6 Å². The average molecular weight is 216 g/mol. The molecule has 88 valence electrons. The molecule has 6 heteroatoms. The van der Waals surface area contributed by atoms with Gasteiger partial charge in [0.25, 0.3) is 0 Å². The van der Waals surface area contributed by atoms with Crippen LogP contribution in [-0.4, -0.2) is 31.1 Å². The molecule has 0 aromatic carbocycles. The Morgan fingerprint density at radius 3 is 2.27 bits per heavy atom. The minimum atomic E-state index is -0.601. The van der Waals surface area contributed by atoms with Gasteiger partial charge in [0.05, 0.1) is 6.04 Å². The van der Waals surface area contributed by atoms with E-state index in [0.717, 1.165) is 6.42 Å². The largest absolute Gasteiger partial charge is 0.353 e. The Bertz CT molecular complexity index is 220. The van der Waals surface area contributed by atoms with Crippen LogP contribution in [-0.2, 0) is 4.79 Å². The van der Waals surface area contributed by atoms with Crippen molar-refractivity contribution >= 4 is 11.9 Å². The van der Waals surface area contributed by atoms with Crippen LogP contribution in [0.15, 0.2) is 0 Å². The first-order valence-electron chi connectivity index (χ1n) is 5.05. The highest BCUT2D eigenvalue weighted by Crippen LogP contribution is 2.04. The number of hydrogen-bond acceptors (Lipinski definition) is 3. The monoisotopic (exact) mass is 216 g/mol. The van der Waals surface area contributed by atoms with Crippen molar-refractivity contribution in [2.45, 2.75) is 26.3 Å². The Morgan fingerprint density at radius 1 is 1.27 bits per heavy atom. The maximum atomic E-state index is 11.4. The second-order valence-electron chi connectivity index (χ2n) is 3.49. The molecular formula is C9H20N4O2. The Hall–Kier alpha value is -1.30. The van der Waals surface area contributed by atoms with Crippen molar-refractivity contribution < 1.29 is 9.59 Å². The molecule has 0 saturated carbocycles. The molecule has 3 amide bonds. The molecule has 0 aromatic rings. The smallest absolute Gasteiger partial charge is 0.312 e. The number of amides is 3. The third-order valence-electron chi connectivity index (χ3n) is 2.28. The van der Waals surface area contributed by atoms with Crippen LogP contribution in [0, 0.1) is 5.92 Å². The van der Waals surface area contributed by atoms with E-state index in [0.29, 0.717) is 13.1 Å². The molecule has 6 N–H and O–H groups in total. The van der Waals surface area contributed by atoms with Gasteiger partial charge in [0.2, 0.25) is 5.91 Å². The number of carbonyl (C=O) groups is 2. The van der Waals surface area contributed by atoms with Crippen LogP contribution in [0.3, 0.4) is 0 Å². The van der Waals surface area contributed by atoms with E-state index in [2.05, 4.69) is 10.6 Å². The molecule has 0 fully saturated rings. The zero-order valence-electron chi connectivity index (χ0n) is 9.25. The Labute approximate surface area is 89.8 Å². The average Bonchev–Trinajstić information content (AvgIpc) is 2.21. The first kappa shape index (κ1) is 13.7. The molecule has 0 heterocycles. The lowest BCUT2D eigenvalue weighted by Crippen LogP contribution is -2.47. The Balaban J connectivity index is 3.69. The maximum Gasteiger partial charge on any atom is 0.312 e. The van der Waals surface area contributed by atoms with Gasteiger partial charge in [0, 0.05) is 13.1 Å². The van der Waals surface area contributed by atoms with Gasteiger partial charge in [-0.3, -0.25) is 4.79 Å². The number of hydrogen-bond donors (Lipinski definition) is 4. The summed E-state index contributed by atoms with van der Waals surface area (Å²) in [6.45, 7) is 4.55. The van der Waals surface area contributed by atoms with Crippen molar-refractivity contribution in [2.75, 3.05) is 13.1 Å². The third kappa shape index (κ3) is 5.90. The summed E-state index contributed by atoms with van der Waals surface area (Å²) in [5.41, 5.74) is 10.5. The predicted molar refractivity (Wildman–Crippen MR) is 58.0 cm³/mol. The van der Waals surface area contributed by atoms with Gasteiger partial charge in [0.15, 0.2) is 0 Å². The summed E-state index contributed by atoms with van der Waals surface area (Å²) < 4.78 is 0. The fourth-order valence-electron chi connectivity index (χ4n) is 1.00. The standard InChI is InChI=1S/C9H20N4O2/c1-3-6(2)7(10)8(14)12-4-5-13-9(11)15/h6-7H,3-5,10H2,1-2H3,(H,12,14)(H3,11,13,15)/t6?,7-/m0/s1. The SMILES string of the molecule is CCC(C)[C@H](N)C(=O)NCCNC(N)=O. The van der Waals surface area contributed by atoms with E-state index in [9.17, 15) is 9.59 Å². The van der Waals surface area contributed by atoms with E-state index >= 15 is 0 Å². The molecule has 0 spiro atoms. The van der Waals surface area contributed by atoms with E-state index in [1.165, 1.54) is 0 Å². The van der Waals surface area contributed by atoms with Crippen molar-refractivity contribution in [1.29, 1.82) is 0 Å². The Morgan fingerprint density at radius 2 is 1.80 bits per heavy atom. The van der Waals surface area contributed by atoms with Gasteiger partial charge >= 0.3 is 6.03 Å². The molecule has 1 unspecified atom stereocenters. The summed E-state index contributed by atoms with van der Waals surface area (Å²) in [6, 6.07) is -1.10. The number of carbonyl (C=O) groups excluding carboxylic acids is 2. The molecular weight excluding hydrogens is 196 g/mol. The van der Waals surface area contributed by atoms with E-state index in [-0.39, 0.29) is 11.8 Å². The highest BCUT2D eigenvalue weighted by Gasteiger charge is 2.18. The van der Waals surface area contributed by atoms with Crippen LogP contribution in [0.1, 0.15) is 20.3 Å². The van der Waals surface area contributed by atoms with Gasteiger partial charge in [-0.1, -0.05) is 20.3 Å². The predicted octanol–water partition coefficient (Wildman–Crippen LogP) is -0.856. The zero-order valence-corrected chi connectivity index (χ0v) is 9.25. The van der Waals surface area contributed by atoms with Gasteiger partial charge in [-0.25, -0.2) is 4.79 Å². The topological polar surface area (TPSA) is 110 Å². The number of nitrogens with two attached hydrogens (primary N) is 2. The summed E-state index contributed by atoms with van der Waals surface area (Å²) in [5, 5.41) is 4.99.